The molecule has 0 aliphatic carbocycles. The Labute approximate surface area is 105 Å². The molecule has 2 nitrogen and oxygen atoms in total. The maximum atomic E-state index is 6.36. The molecule has 0 aromatic heterocycles. The second-order valence-electron chi connectivity index (χ2n) is 6.87. The Bertz CT molecular complexity index is 200. The van der Waals surface area contributed by atoms with Crippen molar-refractivity contribution in [1.29, 1.82) is 0 Å². The monoisotopic (exact) mass is 277 g/mol. The number of rotatable bonds is 6. The van der Waals surface area contributed by atoms with Crippen LogP contribution >= 0.6 is 0 Å². The molecule has 0 spiro atoms. The summed E-state index contributed by atoms with van der Waals surface area (Å²) in [6.07, 6.45) is 0. The zero-order valence-electron chi connectivity index (χ0n) is 12.3. The fraction of sp³-hybridized carbons (Fsp3) is 0.909. The van der Waals surface area contributed by atoms with Gasteiger partial charge in [0, 0.05) is 0 Å². The van der Waals surface area contributed by atoms with Crippen LogP contribution in [0.4, 0.5) is 0 Å². The molecule has 0 fully saturated rings. The van der Waals surface area contributed by atoms with Crippen molar-refractivity contribution in [3.63, 3.8) is 0 Å². The average molecular weight is 278 g/mol. The van der Waals surface area contributed by atoms with Crippen LogP contribution in [0.2, 0.25) is 51.9 Å². The Morgan fingerprint density at radius 3 is 1.38 bits per heavy atom. The summed E-state index contributed by atoms with van der Waals surface area (Å²) < 4.78 is 12.7. The van der Waals surface area contributed by atoms with Crippen molar-refractivity contribution in [2.75, 3.05) is 0 Å². The Balaban J connectivity index is 4.75. The fourth-order valence-corrected chi connectivity index (χ4v) is 14.9. The summed E-state index contributed by atoms with van der Waals surface area (Å²) in [5, 5.41) is 0. The van der Waals surface area contributed by atoms with Crippen molar-refractivity contribution in [3.05, 3.63) is 6.92 Å². The van der Waals surface area contributed by atoms with Gasteiger partial charge in [-0.2, -0.15) is 0 Å². The lowest BCUT2D eigenvalue weighted by atomic mass is 10.3. The van der Waals surface area contributed by atoms with E-state index in [1.165, 1.54) is 0 Å². The van der Waals surface area contributed by atoms with Crippen LogP contribution in [0.15, 0.2) is 0 Å². The van der Waals surface area contributed by atoms with Crippen LogP contribution < -0.4 is 0 Å². The third kappa shape index (κ3) is 8.69. The first-order valence-corrected chi connectivity index (χ1v) is 15.4. The normalized spacial score (nSPS) is 14.6. The van der Waals surface area contributed by atoms with E-state index in [0.717, 1.165) is 6.04 Å². The predicted molar refractivity (Wildman–Crippen MR) is 79.8 cm³/mol. The lowest BCUT2D eigenvalue weighted by Crippen LogP contribution is -2.53. The molecule has 0 N–H and O–H groups in total. The van der Waals surface area contributed by atoms with Crippen molar-refractivity contribution in [2.45, 2.75) is 58.8 Å². The quantitative estimate of drug-likeness (QED) is 0.676. The first-order chi connectivity index (χ1) is 6.83. The van der Waals surface area contributed by atoms with Gasteiger partial charge in [-0.05, 0) is 57.8 Å². The highest BCUT2D eigenvalue weighted by molar-refractivity contribution is 6.87. The molecule has 1 atom stereocenters. The molecule has 0 aromatic rings. The lowest BCUT2D eigenvalue weighted by Gasteiger charge is -2.39. The van der Waals surface area contributed by atoms with E-state index in [1.807, 2.05) is 0 Å². The van der Waals surface area contributed by atoms with E-state index in [9.17, 15) is 0 Å². The summed E-state index contributed by atoms with van der Waals surface area (Å²) in [5.41, 5.74) is 0. The summed E-state index contributed by atoms with van der Waals surface area (Å²) in [7, 11) is -5.08. The lowest BCUT2D eigenvalue weighted by molar-refractivity contribution is 0.376. The van der Waals surface area contributed by atoms with Crippen LogP contribution in [0.25, 0.3) is 0 Å². The summed E-state index contributed by atoms with van der Waals surface area (Å²) in [6.45, 7) is 21.9. The molecule has 0 saturated heterocycles. The van der Waals surface area contributed by atoms with Crippen LogP contribution in [0.5, 0.6) is 0 Å². The molecule has 0 rings (SSSR count). The van der Waals surface area contributed by atoms with Gasteiger partial charge in [-0.25, -0.2) is 0 Å². The summed E-state index contributed by atoms with van der Waals surface area (Å²) >= 11 is 0. The van der Waals surface area contributed by atoms with Gasteiger partial charge < -0.3 is 8.23 Å². The van der Waals surface area contributed by atoms with Crippen LogP contribution in [0, 0.1) is 12.8 Å². The van der Waals surface area contributed by atoms with E-state index in [4.69, 9.17) is 8.23 Å². The van der Waals surface area contributed by atoms with Gasteiger partial charge in [-0.1, -0.05) is 13.8 Å². The second-order valence-corrected chi connectivity index (χ2v) is 19.6. The smallest absolute Gasteiger partial charge is 0.314 e. The molecule has 5 heteroatoms. The first-order valence-electron chi connectivity index (χ1n) is 6.06. The molecular weight excluding hydrogens is 248 g/mol. The molecule has 1 unspecified atom stereocenters. The summed E-state index contributed by atoms with van der Waals surface area (Å²) in [4.78, 5) is 0. The van der Waals surface area contributed by atoms with Gasteiger partial charge >= 0.3 is 8.56 Å². The van der Waals surface area contributed by atoms with Gasteiger partial charge in [0.25, 0.3) is 0 Å². The van der Waals surface area contributed by atoms with Gasteiger partial charge in [0.05, 0.1) is 0 Å². The predicted octanol–water partition coefficient (Wildman–Crippen LogP) is 4.23. The minimum absolute atomic E-state index is 0.407. The van der Waals surface area contributed by atoms with E-state index in [0.29, 0.717) is 5.92 Å². The van der Waals surface area contributed by atoms with Gasteiger partial charge in [-0.3, -0.25) is 0 Å². The van der Waals surface area contributed by atoms with Crippen LogP contribution in [-0.2, 0) is 8.23 Å². The molecule has 0 aromatic carbocycles. The molecule has 97 valence electrons. The van der Waals surface area contributed by atoms with E-state index in [-0.39, 0.29) is 0 Å². The van der Waals surface area contributed by atoms with E-state index in [2.05, 4.69) is 59.7 Å². The molecule has 1 radical (unpaired) electrons. The van der Waals surface area contributed by atoms with Gasteiger partial charge in [-0.15, -0.1) is 0 Å². The summed E-state index contributed by atoms with van der Waals surface area (Å²) in [6, 6.07) is 1.00. The van der Waals surface area contributed by atoms with E-state index in [1.54, 1.807) is 0 Å². The minimum Gasteiger partial charge on any atom is -0.437 e. The molecule has 0 heterocycles. The maximum Gasteiger partial charge on any atom is 0.314 e. The van der Waals surface area contributed by atoms with E-state index >= 15 is 0 Å². The largest absolute Gasteiger partial charge is 0.437 e. The Kier molecular flexibility index (Phi) is 5.67. The Morgan fingerprint density at radius 2 is 1.19 bits per heavy atom. The molecule has 0 aliphatic rings. The zero-order chi connectivity index (χ0) is 13.2. The minimum atomic E-state index is -2.02. The first kappa shape index (κ1) is 16.6. The number of hydrogen-bond acceptors (Lipinski definition) is 2. The second kappa shape index (κ2) is 5.48. The molecule has 0 amide bonds. The van der Waals surface area contributed by atoms with Crippen molar-refractivity contribution in [2.24, 2.45) is 5.92 Å². The topological polar surface area (TPSA) is 18.5 Å². The summed E-state index contributed by atoms with van der Waals surface area (Å²) in [5.74, 6) is 0.407. The van der Waals surface area contributed by atoms with Crippen molar-refractivity contribution in [3.8, 4) is 0 Å². The van der Waals surface area contributed by atoms with Crippen molar-refractivity contribution < 1.29 is 8.23 Å². The SMILES string of the molecule is [CH2]C(C)C[Si](C)(O[Si](C)(C)C)O[Si](C)(C)C. The van der Waals surface area contributed by atoms with E-state index < -0.39 is 25.2 Å². The van der Waals surface area contributed by atoms with Crippen LogP contribution in [0.3, 0.4) is 0 Å². The van der Waals surface area contributed by atoms with Crippen LogP contribution in [-0.4, -0.2) is 25.2 Å². The fourth-order valence-electron chi connectivity index (χ4n) is 2.03. The van der Waals surface area contributed by atoms with Gasteiger partial charge in [0.15, 0.2) is 16.6 Å². The standard InChI is InChI=1S/C11H29O2Si3/c1-11(2)10-16(9,12-14(3,4)5)13-15(6,7)8/h11H,1,10H2,2-9H3. The third-order valence-electron chi connectivity index (χ3n) is 1.76. The molecule has 0 aliphatic heterocycles. The third-order valence-corrected chi connectivity index (χ3v) is 11.6. The molecular formula is C11H29O2Si3. The van der Waals surface area contributed by atoms with Gasteiger partial charge in [0.2, 0.25) is 0 Å². The Hall–Kier alpha value is 0.571. The zero-order valence-corrected chi connectivity index (χ0v) is 15.3. The highest BCUT2D eigenvalue weighted by atomic mass is 28.5. The average Bonchev–Trinajstić information content (AvgIpc) is 1.69. The van der Waals surface area contributed by atoms with Crippen molar-refractivity contribution >= 4 is 25.2 Å². The molecule has 0 saturated carbocycles. The number of hydrogen-bond donors (Lipinski definition) is 0. The molecule has 16 heavy (non-hydrogen) atoms. The maximum absolute atomic E-state index is 6.36. The Morgan fingerprint density at radius 1 is 0.875 bits per heavy atom. The highest BCUT2D eigenvalue weighted by Gasteiger charge is 2.40. The van der Waals surface area contributed by atoms with Crippen LogP contribution in [0.1, 0.15) is 6.92 Å². The molecule has 0 bridgehead atoms. The highest BCUT2D eigenvalue weighted by Crippen LogP contribution is 2.26. The van der Waals surface area contributed by atoms with Crippen molar-refractivity contribution in [1.82, 2.24) is 0 Å². The van der Waals surface area contributed by atoms with Gasteiger partial charge in [0.1, 0.15) is 0 Å².